The second kappa shape index (κ2) is 11.5. The van der Waals surface area contributed by atoms with Crippen LogP contribution in [0.25, 0.3) is 0 Å². The quantitative estimate of drug-likeness (QED) is 0.481. The molecule has 0 bridgehead atoms. The van der Waals surface area contributed by atoms with Crippen molar-refractivity contribution >= 4 is 11.9 Å². The van der Waals surface area contributed by atoms with E-state index < -0.39 is 0 Å². The van der Waals surface area contributed by atoms with Gasteiger partial charge in [0, 0.05) is 25.2 Å². The number of rotatable bonds is 9. The van der Waals surface area contributed by atoms with Crippen LogP contribution >= 0.6 is 0 Å². The number of carbonyl (C=O) groups is 1. The fraction of sp³-hybridized carbons (Fsp3) is 0.579. The molecule has 0 fully saturated rings. The number of carbonyl (C=O) groups excluding carboxylic acids is 1. The zero-order chi connectivity index (χ0) is 17.8. The van der Waals surface area contributed by atoms with Crippen molar-refractivity contribution in [3.8, 4) is 0 Å². The summed E-state index contributed by atoms with van der Waals surface area (Å²) < 4.78 is 0. The lowest BCUT2D eigenvalue weighted by atomic mass is 10.0. The third-order valence-corrected chi connectivity index (χ3v) is 4.03. The molecule has 1 rings (SSSR count). The molecule has 0 spiro atoms. The lowest BCUT2D eigenvalue weighted by Gasteiger charge is -2.16. The maximum atomic E-state index is 11.8. The molecule has 24 heavy (non-hydrogen) atoms. The lowest BCUT2D eigenvalue weighted by molar-refractivity contribution is 0.0956. The van der Waals surface area contributed by atoms with Crippen LogP contribution in [-0.4, -0.2) is 31.5 Å². The summed E-state index contributed by atoms with van der Waals surface area (Å²) in [5, 5.41) is 9.49. The second-order valence-corrected chi connectivity index (χ2v) is 5.81. The molecule has 0 heterocycles. The van der Waals surface area contributed by atoms with Gasteiger partial charge in [-0.05, 0) is 37.5 Å². The maximum absolute atomic E-state index is 11.8. The first-order valence-electron chi connectivity index (χ1n) is 9.03. The molecule has 0 saturated heterocycles. The number of aliphatic imine (C=N–C) groups is 1. The molecule has 0 aromatic heterocycles. The minimum Gasteiger partial charge on any atom is -0.357 e. The van der Waals surface area contributed by atoms with E-state index in [1.807, 2.05) is 31.2 Å². The second-order valence-electron chi connectivity index (χ2n) is 5.81. The summed E-state index contributed by atoms with van der Waals surface area (Å²) in [6.45, 7) is 11.4. The molecule has 0 aliphatic carbocycles. The van der Waals surface area contributed by atoms with Gasteiger partial charge in [-0.25, -0.2) is 4.99 Å². The summed E-state index contributed by atoms with van der Waals surface area (Å²) in [4.78, 5) is 16.4. The van der Waals surface area contributed by atoms with Gasteiger partial charge < -0.3 is 16.0 Å². The SMILES string of the molecule is CCNC(=O)c1ccc(CN=C(NCC)NCC(CC)CC)cc1. The van der Waals surface area contributed by atoms with Gasteiger partial charge in [0.1, 0.15) is 0 Å². The zero-order valence-corrected chi connectivity index (χ0v) is 15.5. The molecule has 1 aromatic carbocycles. The van der Waals surface area contributed by atoms with E-state index in [1.165, 1.54) is 12.8 Å². The van der Waals surface area contributed by atoms with E-state index in [0.717, 1.165) is 24.6 Å². The lowest BCUT2D eigenvalue weighted by Crippen LogP contribution is -2.39. The Balaban J connectivity index is 2.63. The number of nitrogens with one attached hydrogen (secondary N) is 3. The fourth-order valence-electron chi connectivity index (χ4n) is 2.35. The highest BCUT2D eigenvalue weighted by Crippen LogP contribution is 2.07. The zero-order valence-electron chi connectivity index (χ0n) is 15.5. The first kappa shape index (κ1) is 20.0. The van der Waals surface area contributed by atoms with Crippen LogP contribution in [-0.2, 0) is 6.54 Å². The monoisotopic (exact) mass is 332 g/mol. The highest BCUT2D eigenvalue weighted by molar-refractivity contribution is 5.94. The summed E-state index contributed by atoms with van der Waals surface area (Å²) in [5.41, 5.74) is 1.77. The molecule has 5 heteroatoms. The molecule has 0 radical (unpaired) electrons. The Labute approximate surface area is 146 Å². The van der Waals surface area contributed by atoms with Crippen LogP contribution in [0.3, 0.4) is 0 Å². The summed E-state index contributed by atoms with van der Waals surface area (Å²) in [5.74, 6) is 1.48. The number of amides is 1. The number of hydrogen-bond donors (Lipinski definition) is 3. The molecular weight excluding hydrogens is 300 g/mol. The van der Waals surface area contributed by atoms with Crippen LogP contribution in [0.4, 0.5) is 0 Å². The van der Waals surface area contributed by atoms with E-state index in [2.05, 4.69) is 41.7 Å². The Kier molecular flexibility index (Phi) is 9.58. The predicted molar refractivity (Wildman–Crippen MR) is 101 cm³/mol. The molecule has 0 saturated carbocycles. The van der Waals surface area contributed by atoms with Crippen LogP contribution in [0.1, 0.15) is 56.5 Å². The molecule has 5 nitrogen and oxygen atoms in total. The molecular formula is C19H32N4O. The van der Waals surface area contributed by atoms with Crippen LogP contribution in [0.2, 0.25) is 0 Å². The average molecular weight is 332 g/mol. The van der Waals surface area contributed by atoms with E-state index >= 15 is 0 Å². The summed E-state index contributed by atoms with van der Waals surface area (Å²) >= 11 is 0. The molecule has 1 amide bonds. The van der Waals surface area contributed by atoms with Gasteiger partial charge in [-0.3, -0.25) is 4.79 Å². The van der Waals surface area contributed by atoms with Gasteiger partial charge in [0.2, 0.25) is 0 Å². The van der Waals surface area contributed by atoms with Crippen molar-refractivity contribution in [2.75, 3.05) is 19.6 Å². The summed E-state index contributed by atoms with van der Waals surface area (Å²) in [7, 11) is 0. The van der Waals surface area contributed by atoms with Crippen LogP contribution in [0.5, 0.6) is 0 Å². The van der Waals surface area contributed by atoms with E-state index in [1.54, 1.807) is 0 Å². The largest absolute Gasteiger partial charge is 0.357 e. The van der Waals surface area contributed by atoms with Gasteiger partial charge in [-0.1, -0.05) is 38.8 Å². The van der Waals surface area contributed by atoms with Gasteiger partial charge in [0.25, 0.3) is 5.91 Å². The summed E-state index contributed by atoms with van der Waals surface area (Å²) in [6.07, 6.45) is 2.34. The predicted octanol–water partition coefficient (Wildman–Crippen LogP) is 2.93. The van der Waals surface area contributed by atoms with Crippen molar-refractivity contribution in [3.63, 3.8) is 0 Å². The molecule has 0 aliphatic rings. The minimum atomic E-state index is -0.0345. The van der Waals surface area contributed by atoms with E-state index in [-0.39, 0.29) is 5.91 Å². The number of benzene rings is 1. The van der Waals surface area contributed by atoms with Crippen LogP contribution in [0.15, 0.2) is 29.3 Å². The molecule has 0 unspecified atom stereocenters. The Hall–Kier alpha value is -2.04. The van der Waals surface area contributed by atoms with Gasteiger partial charge >= 0.3 is 0 Å². The number of guanidine groups is 1. The molecule has 1 aromatic rings. The summed E-state index contributed by atoms with van der Waals surface area (Å²) in [6, 6.07) is 7.61. The van der Waals surface area contributed by atoms with Gasteiger partial charge in [0.15, 0.2) is 5.96 Å². The van der Waals surface area contributed by atoms with Gasteiger partial charge in [-0.15, -0.1) is 0 Å². The maximum Gasteiger partial charge on any atom is 0.251 e. The fourth-order valence-corrected chi connectivity index (χ4v) is 2.35. The minimum absolute atomic E-state index is 0.0345. The van der Waals surface area contributed by atoms with Crippen molar-refractivity contribution in [2.24, 2.45) is 10.9 Å². The Morgan fingerprint density at radius 2 is 1.58 bits per heavy atom. The van der Waals surface area contributed by atoms with Crippen LogP contribution < -0.4 is 16.0 Å². The molecule has 0 aliphatic heterocycles. The highest BCUT2D eigenvalue weighted by Gasteiger charge is 2.06. The molecule has 3 N–H and O–H groups in total. The highest BCUT2D eigenvalue weighted by atomic mass is 16.1. The van der Waals surface area contributed by atoms with Crippen molar-refractivity contribution in [2.45, 2.75) is 47.1 Å². The van der Waals surface area contributed by atoms with Crippen LogP contribution in [0, 0.1) is 5.92 Å². The topological polar surface area (TPSA) is 65.5 Å². The first-order chi connectivity index (χ1) is 11.6. The average Bonchev–Trinajstić information content (AvgIpc) is 2.61. The Morgan fingerprint density at radius 3 is 2.12 bits per heavy atom. The Morgan fingerprint density at radius 1 is 0.958 bits per heavy atom. The van der Waals surface area contributed by atoms with Crippen molar-refractivity contribution in [1.82, 2.24) is 16.0 Å². The molecule has 0 atom stereocenters. The standard InChI is InChI=1S/C19H32N4O/c1-5-15(6-2)13-22-19(21-8-4)23-14-16-9-11-17(12-10-16)18(24)20-7-3/h9-12,15H,5-8,13-14H2,1-4H3,(H,20,24)(H2,21,22,23). The van der Waals surface area contributed by atoms with E-state index in [9.17, 15) is 4.79 Å². The number of hydrogen-bond acceptors (Lipinski definition) is 2. The normalized spacial score (nSPS) is 11.5. The Bertz CT molecular complexity index is 507. The van der Waals surface area contributed by atoms with Crippen molar-refractivity contribution in [1.29, 1.82) is 0 Å². The molecule has 134 valence electrons. The third-order valence-electron chi connectivity index (χ3n) is 4.03. The number of nitrogens with zero attached hydrogens (tertiary/aromatic N) is 1. The van der Waals surface area contributed by atoms with E-state index in [0.29, 0.717) is 24.6 Å². The smallest absolute Gasteiger partial charge is 0.251 e. The third kappa shape index (κ3) is 7.02. The van der Waals surface area contributed by atoms with Gasteiger partial charge in [0.05, 0.1) is 6.54 Å². The van der Waals surface area contributed by atoms with E-state index in [4.69, 9.17) is 0 Å². The van der Waals surface area contributed by atoms with Crippen molar-refractivity contribution < 1.29 is 4.79 Å². The van der Waals surface area contributed by atoms with Crippen molar-refractivity contribution in [3.05, 3.63) is 35.4 Å². The first-order valence-corrected chi connectivity index (χ1v) is 9.03. The van der Waals surface area contributed by atoms with Gasteiger partial charge in [-0.2, -0.15) is 0 Å².